The lowest BCUT2D eigenvalue weighted by atomic mass is 9.71. The van der Waals surface area contributed by atoms with Crippen molar-refractivity contribution in [1.29, 1.82) is 0 Å². The summed E-state index contributed by atoms with van der Waals surface area (Å²) in [5.74, 6) is 0.611. The first kappa shape index (κ1) is 28.7. The van der Waals surface area contributed by atoms with E-state index in [1.165, 1.54) is 110 Å². The molecule has 2 aliphatic rings. The summed E-state index contributed by atoms with van der Waals surface area (Å²) >= 11 is 0. The van der Waals surface area contributed by atoms with E-state index in [0.29, 0.717) is 16.7 Å². The van der Waals surface area contributed by atoms with Crippen molar-refractivity contribution in [3.63, 3.8) is 0 Å². The van der Waals surface area contributed by atoms with Crippen LogP contribution in [0.4, 0.5) is 0 Å². The van der Waals surface area contributed by atoms with Crippen LogP contribution in [-0.2, 0) is 4.79 Å². The third-order valence-corrected chi connectivity index (χ3v) is 8.92. The maximum atomic E-state index is 12.6. The molecule has 0 radical (unpaired) electrons. The zero-order chi connectivity index (χ0) is 24.2. The molecule has 0 saturated carbocycles. The summed E-state index contributed by atoms with van der Waals surface area (Å²) < 4.78 is 0. The molecular formula is C30H58N2O. The molecule has 3 heteroatoms. The molecule has 0 aliphatic carbocycles. The zero-order valence-electron chi connectivity index (χ0n) is 23.2. The summed E-state index contributed by atoms with van der Waals surface area (Å²) in [7, 11) is 0. The Labute approximate surface area is 207 Å². The van der Waals surface area contributed by atoms with Gasteiger partial charge in [-0.15, -0.1) is 0 Å². The summed E-state index contributed by atoms with van der Waals surface area (Å²) in [6.07, 6.45) is 21.4. The van der Waals surface area contributed by atoms with Gasteiger partial charge in [-0.2, -0.15) is 0 Å². The number of unbranched alkanes of at least 4 members (excludes halogenated alkanes) is 6. The van der Waals surface area contributed by atoms with Crippen LogP contribution < -0.4 is 0 Å². The Bertz CT molecular complexity index is 517. The lowest BCUT2D eigenvalue weighted by Gasteiger charge is -2.54. The van der Waals surface area contributed by atoms with Gasteiger partial charge in [0, 0.05) is 32.1 Å². The van der Waals surface area contributed by atoms with E-state index in [9.17, 15) is 4.79 Å². The molecule has 0 aromatic carbocycles. The van der Waals surface area contributed by atoms with Crippen molar-refractivity contribution < 1.29 is 4.79 Å². The minimum absolute atomic E-state index is 0.209. The minimum Gasteiger partial charge on any atom is -0.342 e. The molecule has 194 valence electrons. The molecule has 2 heterocycles. The van der Waals surface area contributed by atoms with Gasteiger partial charge in [0.2, 0.25) is 5.91 Å². The van der Waals surface area contributed by atoms with Crippen molar-refractivity contribution in [3.8, 4) is 0 Å². The summed E-state index contributed by atoms with van der Waals surface area (Å²) in [4.78, 5) is 17.5. The zero-order valence-corrected chi connectivity index (χ0v) is 23.2. The van der Waals surface area contributed by atoms with Crippen molar-refractivity contribution in [3.05, 3.63) is 0 Å². The first-order valence-electron chi connectivity index (χ1n) is 14.9. The fourth-order valence-electron chi connectivity index (χ4n) is 6.51. The number of amides is 1. The highest BCUT2D eigenvalue weighted by Crippen LogP contribution is 2.42. The van der Waals surface area contributed by atoms with Gasteiger partial charge in [0.05, 0.1) is 0 Å². The lowest BCUT2D eigenvalue weighted by molar-refractivity contribution is -0.140. The largest absolute Gasteiger partial charge is 0.342 e. The van der Waals surface area contributed by atoms with Crippen molar-refractivity contribution in [2.24, 2.45) is 16.7 Å². The molecule has 2 rings (SSSR count). The summed E-state index contributed by atoms with van der Waals surface area (Å²) in [6, 6.07) is 0. The van der Waals surface area contributed by atoms with Crippen LogP contribution in [0.15, 0.2) is 0 Å². The van der Waals surface area contributed by atoms with Crippen LogP contribution in [0.1, 0.15) is 137 Å². The number of piperidine rings is 1. The van der Waals surface area contributed by atoms with Gasteiger partial charge in [0.1, 0.15) is 0 Å². The highest BCUT2D eigenvalue weighted by molar-refractivity contribution is 5.78. The van der Waals surface area contributed by atoms with Gasteiger partial charge in [-0.25, -0.2) is 0 Å². The number of rotatable bonds is 17. The Hall–Kier alpha value is -0.570. The molecule has 2 fully saturated rings. The highest BCUT2D eigenvalue weighted by Gasteiger charge is 2.45. The molecule has 0 aromatic rings. The number of hydrogen-bond acceptors (Lipinski definition) is 2. The molecule has 33 heavy (non-hydrogen) atoms. The van der Waals surface area contributed by atoms with Gasteiger partial charge in [-0.1, -0.05) is 92.4 Å². The Kier molecular flexibility index (Phi) is 12.8. The Morgan fingerprint density at radius 1 is 0.818 bits per heavy atom. The van der Waals surface area contributed by atoms with Crippen LogP contribution in [0.2, 0.25) is 0 Å². The maximum absolute atomic E-state index is 12.6. The molecule has 0 N–H and O–H groups in total. The van der Waals surface area contributed by atoms with E-state index in [1.54, 1.807) is 0 Å². The van der Waals surface area contributed by atoms with E-state index in [0.717, 1.165) is 25.9 Å². The highest BCUT2D eigenvalue weighted by atomic mass is 16.2. The van der Waals surface area contributed by atoms with E-state index >= 15 is 0 Å². The first-order chi connectivity index (χ1) is 15.9. The smallest absolute Gasteiger partial charge is 0.225 e. The summed E-state index contributed by atoms with van der Waals surface area (Å²) in [5, 5.41) is 0. The van der Waals surface area contributed by atoms with E-state index in [4.69, 9.17) is 0 Å². The van der Waals surface area contributed by atoms with Crippen molar-refractivity contribution in [2.45, 2.75) is 137 Å². The van der Waals surface area contributed by atoms with Crippen LogP contribution in [0.25, 0.3) is 0 Å². The average molecular weight is 463 g/mol. The number of likely N-dealkylation sites (tertiary alicyclic amines) is 2. The monoisotopic (exact) mass is 462 g/mol. The molecule has 1 amide bonds. The first-order valence-corrected chi connectivity index (χ1v) is 14.9. The average Bonchev–Trinajstić information content (AvgIpc) is 2.79. The molecule has 1 unspecified atom stereocenters. The predicted molar refractivity (Wildman–Crippen MR) is 144 cm³/mol. The number of carbonyl (C=O) groups is 1. The number of nitrogens with zero attached hydrogens (tertiary/aromatic N) is 2. The quantitative estimate of drug-likeness (QED) is 0.204. The lowest BCUT2D eigenvalue weighted by Crippen LogP contribution is -2.61. The normalized spacial score (nSPS) is 19.6. The second-order valence-electron chi connectivity index (χ2n) is 12.3. The van der Waals surface area contributed by atoms with Crippen LogP contribution in [0.3, 0.4) is 0 Å². The van der Waals surface area contributed by atoms with Crippen LogP contribution in [-0.4, -0.2) is 48.4 Å². The molecule has 0 aromatic heterocycles. The number of hydrogen-bond donors (Lipinski definition) is 0. The van der Waals surface area contributed by atoms with Gasteiger partial charge in [-0.3, -0.25) is 4.79 Å². The minimum atomic E-state index is 0.209. The van der Waals surface area contributed by atoms with E-state index in [2.05, 4.69) is 44.4 Å². The standard InChI is InChI=1S/C30H58N2O/c1-6-9-11-13-17-29(5,18-14-12-10-7-2)19-15-22-31-25-30(26-31)20-23-32(24-21-30)28(33)27(4)16-8-3/h27H,6-26H2,1-5H3. The van der Waals surface area contributed by atoms with E-state index in [-0.39, 0.29) is 5.92 Å². The molecule has 2 aliphatic heterocycles. The van der Waals surface area contributed by atoms with E-state index in [1.807, 2.05) is 0 Å². The van der Waals surface area contributed by atoms with Gasteiger partial charge in [0.25, 0.3) is 0 Å². The molecule has 0 bridgehead atoms. The second kappa shape index (κ2) is 14.7. The molecule has 2 saturated heterocycles. The summed E-state index contributed by atoms with van der Waals surface area (Å²) in [5.41, 5.74) is 1.08. The molecule has 1 spiro atoms. The van der Waals surface area contributed by atoms with Gasteiger partial charge in [0.15, 0.2) is 0 Å². The third-order valence-electron chi connectivity index (χ3n) is 8.92. The van der Waals surface area contributed by atoms with Crippen LogP contribution in [0.5, 0.6) is 0 Å². The van der Waals surface area contributed by atoms with Gasteiger partial charge in [-0.05, 0) is 62.3 Å². The fourth-order valence-corrected chi connectivity index (χ4v) is 6.51. The van der Waals surface area contributed by atoms with Gasteiger partial charge >= 0.3 is 0 Å². The van der Waals surface area contributed by atoms with Crippen molar-refractivity contribution in [1.82, 2.24) is 9.80 Å². The Balaban J connectivity index is 1.68. The molecular weight excluding hydrogens is 404 g/mol. The Morgan fingerprint density at radius 2 is 1.36 bits per heavy atom. The number of carbonyl (C=O) groups excluding carboxylic acids is 1. The topological polar surface area (TPSA) is 23.6 Å². The maximum Gasteiger partial charge on any atom is 0.225 e. The fraction of sp³-hybridized carbons (Fsp3) is 0.967. The van der Waals surface area contributed by atoms with Crippen molar-refractivity contribution >= 4 is 5.91 Å². The molecule has 1 atom stereocenters. The van der Waals surface area contributed by atoms with Gasteiger partial charge < -0.3 is 9.80 Å². The van der Waals surface area contributed by atoms with Crippen molar-refractivity contribution in [2.75, 3.05) is 32.7 Å². The third kappa shape index (κ3) is 9.54. The Morgan fingerprint density at radius 3 is 1.88 bits per heavy atom. The molecule has 3 nitrogen and oxygen atoms in total. The second-order valence-corrected chi connectivity index (χ2v) is 12.3. The predicted octanol–water partition coefficient (Wildman–Crippen LogP) is 8.07. The SMILES string of the molecule is CCCCCCC(C)(CCCCCC)CCCN1CC2(CCN(C(=O)C(C)CCC)CC2)C1. The van der Waals surface area contributed by atoms with Crippen LogP contribution in [0, 0.1) is 16.7 Å². The van der Waals surface area contributed by atoms with Crippen LogP contribution >= 0.6 is 0 Å². The summed E-state index contributed by atoms with van der Waals surface area (Å²) in [6.45, 7) is 17.4. The van der Waals surface area contributed by atoms with E-state index < -0.39 is 0 Å².